The van der Waals surface area contributed by atoms with Gasteiger partial charge in [0.1, 0.15) is 0 Å². The van der Waals surface area contributed by atoms with Crippen LogP contribution in [0.15, 0.2) is 23.3 Å². The van der Waals surface area contributed by atoms with Crippen molar-refractivity contribution < 1.29 is 9.59 Å². The van der Waals surface area contributed by atoms with Gasteiger partial charge in [0, 0.05) is 17.8 Å². The maximum Gasteiger partial charge on any atom is 0.239 e. The Morgan fingerprint density at radius 1 is 1.18 bits per heavy atom. The second kappa shape index (κ2) is 7.73. The van der Waals surface area contributed by atoms with Gasteiger partial charge in [0.2, 0.25) is 11.8 Å². The third-order valence-corrected chi connectivity index (χ3v) is 3.78. The summed E-state index contributed by atoms with van der Waals surface area (Å²) in [5.41, 5.74) is 6.52. The normalized spacial score (nSPS) is 14.2. The van der Waals surface area contributed by atoms with Gasteiger partial charge in [-0.1, -0.05) is 19.1 Å². The fraction of sp³-hybridized carbons (Fsp3) is 0.471. The molecule has 0 saturated carbocycles. The zero-order valence-corrected chi connectivity index (χ0v) is 13.2. The van der Waals surface area contributed by atoms with E-state index in [9.17, 15) is 9.59 Å². The average Bonchev–Trinajstić information content (AvgIpc) is 2.53. The lowest BCUT2D eigenvalue weighted by atomic mass is 9.90. The first-order chi connectivity index (χ1) is 10.6. The number of carbonyl (C=O) groups excluding carboxylic acids is 2. The molecular weight excluding hydrogens is 278 g/mol. The third kappa shape index (κ3) is 4.41. The Kier molecular flexibility index (Phi) is 5.69. The molecule has 0 aromatic heterocycles. The van der Waals surface area contributed by atoms with E-state index in [1.807, 2.05) is 12.1 Å². The van der Waals surface area contributed by atoms with E-state index < -0.39 is 0 Å². The highest BCUT2D eigenvalue weighted by Crippen LogP contribution is 2.27. The molecule has 1 aliphatic carbocycles. The largest absolute Gasteiger partial charge is 0.325 e. The molecule has 0 bridgehead atoms. The van der Waals surface area contributed by atoms with Crippen LogP contribution in [-0.2, 0) is 22.4 Å². The van der Waals surface area contributed by atoms with Gasteiger partial charge in [0.25, 0.3) is 0 Å². The van der Waals surface area contributed by atoms with E-state index in [0.29, 0.717) is 12.1 Å². The van der Waals surface area contributed by atoms with Crippen LogP contribution in [-0.4, -0.2) is 17.5 Å². The van der Waals surface area contributed by atoms with Crippen molar-refractivity contribution in [3.63, 3.8) is 0 Å². The minimum Gasteiger partial charge on any atom is -0.325 e. The summed E-state index contributed by atoms with van der Waals surface area (Å²) in [4.78, 5) is 23.3. The molecule has 1 aromatic carbocycles. The first kappa shape index (κ1) is 16.2. The van der Waals surface area contributed by atoms with Gasteiger partial charge < -0.3 is 5.32 Å². The summed E-state index contributed by atoms with van der Waals surface area (Å²) in [5.74, 6) is -0.261. The first-order valence-electron chi connectivity index (χ1n) is 7.82. The third-order valence-electron chi connectivity index (χ3n) is 3.78. The minimum absolute atomic E-state index is 0.106. The van der Waals surface area contributed by atoms with Crippen molar-refractivity contribution in [3.8, 4) is 0 Å². The molecule has 118 valence electrons. The maximum atomic E-state index is 12.1. The van der Waals surface area contributed by atoms with Gasteiger partial charge in [-0.25, -0.2) is 5.43 Å². The van der Waals surface area contributed by atoms with Crippen molar-refractivity contribution in [1.82, 2.24) is 5.43 Å². The molecule has 5 nitrogen and oxygen atoms in total. The van der Waals surface area contributed by atoms with Crippen molar-refractivity contribution in [3.05, 3.63) is 29.3 Å². The molecule has 1 aromatic rings. The van der Waals surface area contributed by atoms with Gasteiger partial charge in [-0.3, -0.25) is 9.59 Å². The van der Waals surface area contributed by atoms with Gasteiger partial charge in [-0.2, -0.15) is 5.10 Å². The predicted molar refractivity (Wildman–Crippen MR) is 87.9 cm³/mol. The van der Waals surface area contributed by atoms with Gasteiger partial charge in [0.15, 0.2) is 0 Å². The SMILES string of the molecule is CCC(=O)NN=C(C)CC(=O)Nc1cccc2c1CCCC2. The summed E-state index contributed by atoms with van der Waals surface area (Å²) in [6.45, 7) is 3.49. The molecule has 0 spiro atoms. The Morgan fingerprint density at radius 2 is 1.95 bits per heavy atom. The highest BCUT2D eigenvalue weighted by atomic mass is 16.2. The summed E-state index contributed by atoms with van der Waals surface area (Å²) < 4.78 is 0. The molecule has 0 fully saturated rings. The second-order valence-corrected chi connectivity index (χ2v) is 5.61. The highest BCUT2D eigenvalue weighted by molar-refractivity contribution is 6.06. The molecule has 0 aliphatic heterocycles. The number of hydrogen-bond acceptors (Lipinski definition) is 3. The first-order valence-corrected chi connectivity index (χ1v) is 7.82. The molecule has 2 N–H and O–H groups in total. The Bertz CT molecular complexity index is 594. The summed E-state index contributed by atoms with van der Waals surface area (Å²) in [6, 6.07) is 6.08. The Labute approximate surface area is 131 Å². The smallest absolute Gasteiger partial charge is 0.239 e. The van der Waals surface area contributed by atoms with Crippen LogP contribution >= 0.6 is 0 Å². The summed E-state index contributed by atoms with van der Waals surface area (Å²) in [7, 11) is 0. The fourth-order valence-corrected chi connectivity index (χ4v) is 2.60. The van der Waals surface area contributed by atoms with Crippen LogP contribution < -0.4 is 10.7 Å². The van der Waals surface area contributed by atoms with E-state index in [1.54, 1.807) is 13.8 Å². The van der Waals surface area contributed by atoms with Crippen LogP contribution in [0.1, 0.15) is 50.7 Å². The number of fused-ring (bicyclic) bond motifs is 1. The molecular formula is C17H23N3O2. The van der Waals surface area contributed by atoms with Crippen LogP contribution in [0, 0.1) is 0 Å². The van der Waals surface area contributed by atoms with Crippen molar-refractivity contribution in [2.45, 2.75) is 52.4 Å². The van der Waals surface area contributed by atoms with Crippen molar-refractivity contribution >= 4 is 23.2 Å². The number of hydrogen-bond donors (Lipinski definition) is 2. The number of nitrogens with one attached hydrogen (secondary N) is 2. The number of rotatable bonds is 5. The molecule has 5 heteroatoms. The van der Waals surface area contributed by atoms with E-state index in [4.69, 9.17) is 0 Å². The molecule has 0 radical (unpaired) electrons. The lowest BCUT2D eigenvalue weighted by Gasteiger charge is -2.19. The van der Waals surface area contributed by atoms with Crippen molar-refractivity contribution in [2.75, 3.05) is 5.32 Å². The number of aryl methyl sites for hydroxylation is 1. The lowest BCUT2D eigenvalue weighted by molar-refractivity contribution is -0.121. The quantitative estimate of drug-likeness (QED) is 0.648. The van der Waals surface area contributed by atoms with Crippen molar-refractivity contribution in [2.24, 2.45) is 5.10 Å². The van der Waals surface area contributed by atoms with E-state index in [0.717, 1.165) is 18.5 Å². The number of hydrazone groups is 1. The van der Waals surface area contributed by atoms with E-state index >= 15 is 0 Å². The van der Waals surface area contributed by atoms with Crippen LogP contribution in [0.4, 0.5) is 5.69 Å². The van der Waals surface area contributed by atoms with Gasteiger partial charge >= 0.3 is 0 Å². The predicted octanol–water partition coefficient (Wildman–Crippen LogP) is 2.80. The summed E-state index contributed by atoms with van der Waals surface area (Å²) >= 11 is 0. The van der Waals surface area contributed by atoms with Gasteiger partial charge in [0.05, 0.1) is 6.42 Å². The Hall–Kier alpha value is -2.17. The number of nitrogens with zero attached hydrogens (tertiary/aromatic N) is 1. The molecule has 1 aliphatic rings. The minimum atomic E-state index is -0.156. The lowest BCUT2D eigenvalue weighted by Crippen LogP contribution is -2.21. The van der Waals surface area contributed by atoms with E-state index in [-0.39, 0.29) is 18.2 Å². The standard InChI is InChI=1S/C17H23N3O2/c1-3-16(21)20-19-12(2)11-17(22)18-15-10-6-8-13-7-4-5-9-14(13)15/h6,8,10H,3-5,7,9,11H2,1-2H3,(H,18,22)(H,20,21). The number of carbonyl (C=O) groups is 2. The van der Waals surface area contributed by atoms with E-state index in [1.165, 1.54) is 24.0 Å². The number of benzene rings is 1. The van der Waals surface area contributed by atoms with Crippen LogP contribution in [0.25, 0.3) is 0 Å². The maximum absolute atomic E-state index is 12.1. The van der Waals surface area contributed by atoms with Crippen LogP contribution in [0.2, 0.25) is 0 Å². The molecule has 2 rings (SSSR count). The number of anilines is 1. The summed E-state index contributed by atoms with van der Waals surface area (Å²) in [5, 5.41) is 6.89. The monoisotopic (exact) mass is 301 g/mol. The van der Waals surface area contributed by atoms with Crippen LogP contribution in [0.5, 0.6) is 0 Å². The zero-order chi connectivity index (χ0) is 15.9. The topological polar surface area (TPSA) is 70.6 Å². The average molecular weight is 301 g/mol. The fourth-order valence-electron chi connectivity index (χ4n) is 2.60. The molecule has 0 unspecified atom stereocenters. The Morgan fingerprint density at radius 3 is 2.73 bits per heavy atom. The molecule has 2 amide bonds. The molecule has 22 heavy (non-hydrogen) atoms. The molecule has 0 saturated heterocycles. The zero-order valence-electron chi connectivity index (χ0n) is 13.2. The summed E-state index contributed by atoms with van der Waals surface area (Å²) in [6.07, 6.45) is 5.04. The van der Waals surface area contributed by atoms with Gasteiger partial charge in [-0.05, 0) is 49.8 Å². The highest BCUT2D eigenvalue weighted by Gasteiger charge is 2.14. The molecule has 0 heterocycles. The number of amides is 2. The second-order valence-electron chi connectivity index (χ2n) is 5.61. The molecule has 0 atom stereocenters. The van der Waals surface area contributed by atoms with E-state index in [2.05, 4.69) is 21.9 Å². The van der Waals surface area contributed by atoms with Crippen LogP contribution in [0.3, 0.4) is 0 Å². The Balaban J connectivity index is 1.96. The van der Waals surface area contributed by atoms with Gasteiger partial charge in [-0.15, -0.1) is 0 Å². The van der Waals surface area contributed by atoms with Crippen molar-refractivity contribution in [1.29, 1.82) is 0 Å².